The highest BCUT2D eigenvalue weighted by molar-refractivity contribution is 9.10. The van der Waals surface area contributed by atoms with Crippen molar-refractivity contribution in [2.24, 2.45) is 5.92 Å². The number of carbonyl (C=O) groups is 1. The predicted octanol–water partition coefficient (Wildman–Crippen LogP) is 5.02. The van der Waals surface area contributed by atoms with Gasteiger partial charge in [0, 0.05) is 16.2 Å². The number of methoxy groups -OCH3 is 2. The molecule has 156 valence electrons. The number of carbonyl (C=O) groups excluding carboxylic acids is 1. The Bertz CT molecular complexity index is 874. The van der Waals surface area contributed by atoms with Crippen LogP contribution in [0, 0.1) is 5.92 Å². The molecule has 0 spiro atoms. The first kappa shape index (κ1) is 23.0. The predicted molar refractivity (Wildman–Crippen MR) is 122 cm³/mol. The fourth-order valence-corrected chi connectivity index (χ4v) is 3.03. The number of thiocarbonyl (C=S) groups is 1. The lowest BCUT2D eigenvalue weighted by Crippen LogP contribution is -2.34. The maximum Gasteiger partial charge on any atom is 0.261 e. The van der Waals surface area contributed by atoms with Crippen LogP contribution in [0.3, 0.4) is 0 Å². The molecule has 0 aromatic heterocycles. The summed E-state index contributed by atoms with van der Waals surface area (Å²) >= 11 is 8.68. The Labute approximate surface area is 185 Å². The second-order valence-corrected chi connectivity index (χ2v) is 7.97. The Morgan fingerprint density at radius 3 is 2.41 bits per heavy atom. The lowest BCUT2D eigenvalue weighted by Gasteiger charge is -2.15. The zero-order valence-electron chi connectivity index (χ0n) is 16.9. The third kappa shape index (κ3) is 6.90. The minimum absolute atomic E-state index is 0.162. The van der Waals surface area contributed by atoms with Crippen molar-refractivity contribution in [1.29, 1.82) is 0 Å². The van der Waals surface area contributed by atoms with E-state index in [0.29, 0.717) is 41.0 Å². The molecule has 0 aliphatic heterocycles. The zero-order valence-corrected chi connectivity index (χ0v) is 19.3. The van der Waals surface area contributed by atoms with E-state index >= 15 is 0 Å². The highest BCUT2D eigenvalue weighted by atomic mass is 79.9. The Morgan fingerprint density at radius 2 is 1.76 bits per heavy atom. The van der Waals surface area contributed by atoms with Gasteiger partial charge < -0.3 is 19.5 Å². The fraction of sp³-hybridized carbons (Fsp3) is 0.333. The highest BCUT2D eigenvalue weighted by Crippen LogP contribution is 2.29. The largest absolute Gasteiger partial charge is 0.493 e. The Hall–Kier alpha value is -2.32. The number of hydrogen-bond donors (Lipinski definition) is 2. The molecular weight excluding hydrogens is 456 g/mol. The van der Waals surface area contributed by atoms with E-state index in [9.17, 15) is 4.79 Å². The van der Waals surface area contributed by atoms with E-state index in [1.165, 1.54) is 0 Å². The van der Waals surface area contributed by atoms with Crippen molar-refractivity contribution in [3.8, 4) is 17.2 Å². The van der Waals surface area contributed by atoms with Crippen molar-refractivity contribution in [3.05, 3.63) is 46.4 Å². The average molecular weight is 481 g/mol. The Kier molecular flexibility index (Phi) is 8.72. The first-order chi connectivity index (χ1) is 13.8. The minimum atomic E-state index is -0.358. The van der Waals surface area contributed by atoms with Crippen molar-refractivity contribution in [1.82, 2.24) is 5.32 Å². The van der Waals surface area contributed by atoms with Gasteiger partial charge in [-0.3, -0.25) is 10.1 Å². The van der Waals surface area contributed by atoms with Gasteiger partial charge >= 0.3 is 0 Å². The molecule has 0 unspecified atom stereocenters. The summed E-state index contributed by atoms with van der Waals surface area (Å²) in [7, 11) is 3.12. The van der Waals surface area contributed by atoms with Crippen molar-refractivity contribution < 1.29 is 19.0 Å². The minimum Gasteiger partial charge on any atom is -0.493 e. The Morgan fingerprint density at radius 1 is 1.07 bits per heavy atom. The van der Waals surface area contributed by atoms with Gasteiger partial charge in [-0.2, -0.15) is 0 Å². The average Bonchev–Trinajstić information content (AvgIpc) is 2.68. The monoisotopic (exact) mass is 480 g/mol. The smallest absolute Gasteiger partial charge is 0.261 e. The normalized spacial score (nSPS) is 10.4. The topological polar surface area (TPSA) is 68.8 Å². The maximum absolute atomic E-state index is 12.8. The molecule has 2 rings (SSSR count). The summed E-state index contributed by atoms with van der Waals surface area (Å²) in [4.78, 5) is 12.8. The van der Waals surface area contributed by atoms with Crippen LogP contribution in [0.15, 0.2) is 40.9 Å². The molecule has 2 aromatic carbocycles. The van der Waals surface area contributed by atoms with Gasteiger partial charge in [0.05, 0.1) is 26.4 Å². The molecule has 0 aliphatic rings. The SMILES string of the molecule is COc1ccc(NC(=S)NC(=O)c2cc(Br)ccc2OCCC(C)C)cc1OC. The number of ether oxygens (including phenoxy) is 3. The van der Waals surface area contributed by atoms with E-state index in [0.717, 1.165) is 10.9 Å². The molecule has 0 bridgehead atoms. The number of nitrogens with one attached hydrogen (secondary N) is 2. The molecule has 2 aromatic rings. The van der Waals surface area contributed by atoms with Gasteiger partial charge in [0.1, 0.15) is 5.75 Å². The number of anilines is 1. The second kappa shape index (κ2) is 11.0. The number of rotatable bonds is 8. The summed E-state index contributed by atoms with van der Waals surface area (Å²) in [6.07, 6.45) is 0.899. The summed E-state index contributed by atoms with van der Waals surface area (Å²) in [6.45, 7) is 4.78. The van der Waals surface area contributed by atoms with E-state index in [1.54, 1.807) is 44.6 Å². The molecule has 29 heavy (non-hydrogen) atoms. The van der Waals surface area contributed by atoms with Gasteiger partial charge in [0.25, 0.3) is 5.91 Å². The molecule has 0 radical (unpaired) electrons. The Balaban J connectivity index is 2.07. The fourth-order valence-electron chi connectivity index (χ4n) is 2.46. The summed E-state index contributed by atoms with van der Waals surface area (Å²) in [5, 5.41) is 5.82. The third-order valence-electron chi connectivity index (χ3n) is 4.01. The van der Waals surface area contributed by atoms with Crippen LogP contribution in [-0.4, -0.2) is 31.8 Å². The highest BCUT2D eigenvalue weighted by Gasteiger charge is 2.15. The van der Waals surface area contributed by atoms with E-state index in [2.05, 4.69) is 40.4 Å². The van der Waals surface area contributed by atoms with Crippen molar-refractivity contribution >= 4 is 44.9 Å². The quantitative estimate of drug-likeness (QED) is 0.517. The van der Waals surface area contributed by atoms with Crippen LogP contribution < -0.4 is 24.8 Å². The van der Waals surface area contributed by atoms with Crippen molar-refractivity contribution in [2.45, 2.75) is 20.3 Å². The van der Waals surface area contributed by atoms with Crippen LogP contribution in [0.25, 0.3) is 0 Å². The summed E-state index contributed by atoms with van der Waals surface area (Å²) in [6, 6.07) is 10.6. The van der Waals surface area contributed by atoms with Crippen LogP contribution in [0.2, 0.25) is 0 Å². The third-order valence-corrected chi connectivity index (χ3v) is 4.70. The summed E-state index contributed by atoms with van der Waals surface area (Å²) in [5.74, 6) is 1.83. The van der Waals surface area contributed by atoms with Crippen LogP contribution >= 0.6 is 28.1 Å². The first-order valence-corrected chi connectivity index (χ1v) is 10.3. The molecule has 0 saturated heterocycles. The molecule has 0 saturated carbocycles. The molecular formula is C21H25BrN2O4S. The zero-order chi connectivity index (χ0) is 21.4. The van der Waals surface area contributed by atoms with Gasteiger partial charge in [0.15, 0.2) is 16.6 Å². The number of benzene rings is 2. The van der Waals surface area contributed by atoms with Crippen molar-refractivity contribution in [2.75, 3.05) is 26.1 Å². The van der Waals surface area contributed by atoms with Gasteiger partial charge in [-0.1, -0.05) is 29.8 Å². The molecule has 6 nitrogen and oxygen atoms in total. The van der Waals surface area contributed by atoms with Crippen LogP contribution in [0.4, 0.5) is 5.69 Å². The molecule has 0 fully saturated rings. The van der Waals surface area contributed by atoms with E-state index < -0.39 is 0 Å². The van der Waals surface area contributed by atoms with Gasteiger partial charge in [-0.25, -0.2) is 0 Å². The van der Waals surface area contributed by atoms with Crippen molar-refractivity contribution in [3.63, 3.8) is 0 Å². The first-order valence-electron chi connectivity index (χ1n) is 9.10. The second-order valence-electron chi connectivity index (χ2n) is 6.65. The molecule has 1 amide bonds. The number of amides is 1. The summed E-state index contributed by atoms with van der Waals surface area (Å²) < 4.78 is 17.1. The standard InChI is InChI=1S/C21H25BrN2O4S/c1-13(2)9-10-28-17-7-5-14(22)11-16(17)20(25)24-21(29)23-15-6-8-18(26-3)19(12-15)27-4/h5-8,11-13H,9-10H2,1-4H3,(H2,23,24,25,29). The van der Waals surface area contributed by atoms with E-state index in [1.807, 2.05) is 6.07 Å². The molecule has 0 atom stereocenters. The molecule has 2 N–H and O–H groups in total. The van der Waals surface area contributed by atoms with Crippen LogP contribution in [-0.2, 0) is 0 Å². The molecule has 0 aliphatic carbocycles. The maximum atomic E-state index is 12.8. The van der Waals surface area contributed by atoms with E-state index in [-0.39, 0.29) is 11.0 Å². The number of halogens is 1. The van der Waals surface area contributed by atoms with Crippen LogP contribution in [0.5, 0.6) is 17.2 Å². The van der Waals surface area contributed by atoms with E-state index in [4.69, 9.17) is 26.4 Å². The van der Waals surface area contributed by atoms with Crippen LogP contribution in [0.1, 0.15) is 30.6 Å². The lowest BCUT2D eigenvalue weighted by molar-refractivity contribution is 0.0973. The molecule has 0 heterocycles. The lowest BCUT2D eigenvalue weighted by atomic mass is 10.1. The van der Waals surface area contributed by atoms with Gasteiger partial charge in [-0.15, -0.1) is 0 Å². The summed E-state index contributed by atoms with van der Waals surface area (Å²) in [5.41, 5.74) is 1.06. The number of hydrogen-bond acceptors (Lipinski definition) is 5. The molecule has 8 heteroatoms. The van der Waals surface area contributed by atoms with Gasteiger partial charge in [-0.05, 0) is 54.9 Å². The van der Waals surface area contributed by atoms with Gasteiger partial charge in [0.2, 0.25) is 0 Å².